The molecule has 3 fully saturated rings. The third kappa shape index (κ3) is 3.49. The van der Waals surface area contributed by atoms with Gasteiger partial charge in [0.05, 0.1) is 12.6 Å². The number of carbonyl (C=O) groups is 1. The van der Waals surface area contributed by atoms with Crippen LogP contribution in [0.25, 0.3) is 0 Å². The molecule has 1 amide bonds. The lowest BCUT2D eigenvalue weighted by Gasteiger charge is -2.47. The quantitative estimate of drug-likeness (QED) is 0.913. The Hall–Kier alpha value is -1.40. The van der Waals surface area contributed by atoms with Crippen LogP contribution < -0.4 is 0 Å². The largest absolute Gasteiger partial charge is 0.376 e. The minimum Gasteiger partial charge on any atom is -0.376 e. The fourth-order valence-electron chi connectivity index (χ4n) is 4.49. The molecule has 0 saturated carbocycles. The molecule has 24 heavy (non-hydrogen) atoms. The Morgan fingerprint density at radius 3 is 2.92 bits per heavy atom. The third-order valence-electron chi connectivity index (χ3n) is 6.04. The molecule has 3 aliphatic heterocycles. The zero-order valence-electron chi connectivity index (χ0n) is 14.4. The molecule has 1 spiro atoms. The number of amides is 1. The Labute approximate surface area is 143 Å². The highest BCUT2D eigenvalue weighted by atomic mass is 16.5. The number of nitrogens with one attached hydrogen (secondary N) is 1. The van der Waals surface area contributed by atoms with Crippen LogP contribution in [0.5, 0.6) is 0 Å². The summed E-state index contributed by atoms with van der Waals surface area (Å²) in [6, 6.07) is 0. The molecule has 1 aromatic heterocycles. The van der Waals surface area contributed by atoms with E-state index in [-0.39, 0.29) is 6.10 Å². The van der Waals surface area contributed by atoms with Crippen LogP contribution in [0.15, 0.2) is 12.4 Å². The molecular weight excluding hydrogens is 304 g/mol. The van der Waals surface area contributed by atoms with E-state index in [0.29, 0.717) is 17.7 Å². The highest BCUT2D eigenvalue weighted by molar-refractivity contribution is 5.77. The molecule has 0 bridgehead atoms. The van der Waals surface area contributed by atoms with E-state index in [1.165, 1.54) is 12.8 Å². The molecule has 1 N–H and O–H groups in total. The maximum atomic E-state index is 12.3. The summed E-state index contributed by atoms with van der Waals surface area (Å²) in [5.74, 6) is 1.37. The van der Waals surface area contributed by atoms with Crippen molar-refractivity contribution in [3.8, 4) is 0 Å². The van der Waals surface area contributed by atoms with Gasteiger partial charge in [-0.2, -0.15) is 0 Å². The van der Waals surface area contributed by atoms with Gasteiger partial charge in [-0.1, -0.05) is 0 Å². The first kappa shape index (κ1) is 16.1. The van der Waals surface area contributed by atoms with Crippen molar-refractivity contribution >= 4 is 5.91 Å². The number of carbonyl (C=O) groups excluding carboxylic acids is 1. The average Bonchev–Trinajstić information content (AvgIpc) is 3.27. The van der Waals surface area contributed by atoms with Crippen LogP contribution in [0.3, 0.4) is 0 Å². The minimum atomic E-state index is 0.267. The Morgan fingerprint density at radius 1 is 1.33 bits per heavy atom. The highest BCUT2D eigenvalue weighted by Crippen LogP contribution is 2.40. The van der Waals surface area contributed by atoms with Crippen molar-refractivity contribution in [1.29, 1.82) is 0 Å². The second-order valence-electron chi connectivity index (χ2n) is 7.72. The third-order valence-corrected chi connectivity index (χ3v) is 6.04. The van der Waals surface area contributed by atoms with Crippen LogP contribution in [-0.2, 0) is 16.1 Å². The van der Waals surface area contributed by atoms with Crippen LogP contribution in [0.1, 0.15) is 44.3 Å². The van der Waals surface area contributed by atoms with Gasteiger partial charge in [0.25, 0.3) is 0 Å². The number of nitrogens with zero attached hydrogens (tertiary/aromatic N) is 3. The molecule has 0 radical (unpaired) electrons. The van der Waals surface area contributed by atoms with Gasteiger partial charge in [0.1, 0.15) is 5.82 Å². The standard InChI is InChI=1S/C18H28N4O2/c23-17-3-4-18(14-22(17)12-15-2-1-11-24-15)5-9-21(10-6-18)13-16-19-7-8-20-16/h7-8,15H,1-6,9-14H2,(H,19,20)/t15-/m0/s1. The summed E-state index contributed by atoms with van der Waals surface area (Å²) >= 11 is 0. The molecule has 6 nitrogen and oxygen atoms in total. The summed E-state index contributed by atoms with van der Waals surface area (Å²) in [6.45, 7) is 5.70. The SMILES string of the molecule is O=C1CCC2(CCN(Cc3ncc[nH]3)CC2)CN1C[C@@H]1CCCO1. The first-order valence-corrected chi connectivity index (χ1v) is 9.32. The molecule has 3 saturated heterocycles. The fraction of sp³-hybridized carbons (Fsp3) is 0.778. The van der Waals surface area contributed by atoms with Crippen molar-refractivity contribution in [3.05, 3.63) is 18.2 Å². The zero-order valence-corrected chi connectivity index (χ0v) is 14.4. The molecule has 0 aliphatic carbocycles. The lowest BCUT2D eigenvalue weighted by Crippen LogP contribution is -2.52. The van der Waals surface area contributed by atoms with Crippen LogP contribution in [0, 0.1) is 5.41 Å². The Morgan fingerprint density at radius 2 is 2.21 bits per heavy atom. The number of aromatic amines is 1. The topological polar surface area (TPSA) is 61.5 Å². The second kappa shape index (κ2) is 6.84. The summed E-state index contributed by atoms with van der Waals surface area (Å²) in [4.78, 5) is 24.4. The van der Waals surface area contributed by atoms with E-state index < -0.39 is 0 Å². The number of likely N-dealkylation sites (tertiary alicyclic amines) is 2. The molecule has 1 aromatic rings. The van der Waals surface area contributed by atoms with Crippen molar-refractivity contribution in [1.82, 2.24) is 19.8 Å². The van der Waals surface area contributed by atoms with Gasteiger partial charge in [-0.05, 0) is 50.6 Å². The van der Waals surface area contributed by atoms with Crippen LogP contribution in [0.2, 0.25) is 0 Å². The Bertz CT molecular complexity index is 545. The lowest BCUT2D eigenvalue weighted by atomic mass is 9.72. The maximum absolute atomic E-state index is 12.3. The van der Waals surface area contributed by atoms with Gasteiger partial charge in [0.2, 0.25) is 5.91 Å². The van der Waals surface area contributed by atoms with Gasteiger partial charge >= 0.3 is 0 Å². The highest BCUT2D eigenvalue weighted by Gasteiger charge is 2.41. The van der Waals surface area contributed by atoms with Crippen molar-refractivity contribution in [2.45, 2.75) is 51.2 Å². The predicted octanol–water partition coefficient (Wildman–Crippen LogP) is 1.79. The van der Waals surface area contributed by atoms with Crippen molar-refractivity contribution < 1.29 is 9.53 Å². The molecule has 0 aromatic carbocycles. The van der Waals surface area contributed by atoms with Crippen LogP contribution >= 0.6 is 0 Å². The minimum absolute atomic E-state index is 0.267. The smallest absolute Gasteiger partial charge is 0.222 e. The van der Waals surface area contributed by atoms with Gasteiger partial charge in [-0.15, -0.1) is 0 Å². The van der Waals surface area contributed by atoms with Gasteiger partial charge < -0.3 is 14.6 Å². The summed E-state index contributed by atoms with van der Waals surface area (Å²) in [7, 11) is 0. The first-order valence-electron chi connectivity index (χ1n) is 9.32. The summed E-state index contributed by atoms with van der Waals surface area (Å²) < 4.78 is 5.74. The molecule has 4 rings (SSSR count). The number of piperidine rings is 2. The molecule has 0 unspecified atom stereocenters. The normalized spacial score (nSPS) is 27.9. The number of hydrogen-bond acceptors (Lipinski definition) is 4. The van der Waals surface area contributed by atoms with E-state index in [1.807, 2.05) is 12.4 Å². The number of aromatic nitrogens is 2. The number of rotatable bonds is 4. The van der Waals surface area contributed by atoms with Gasteiger partial charge in [-0.25, -0.2) is 4.98 Å². The van der Waals surface area contributed by atoms with E-state index in [0.717, 1.165) is 64.4 Å². The predicted molar refractivity (Wildman–Crippen MR) is 90.3 cm³/mol. The Kier molecular flexibility index (Phi) is 4.59. The molecule has 4 heterocycles. The van der Waals surface area contributed by atoms with E-state index in [4.69, 9.17) is 4.74 Å². The first-order chi connectivity index (χ1) is 11.7. The molecular formula is C18H28N4O2. The molecule has 132 valence electrons. The monoisotopic (exact) mass is 332 g/mol. The second-order valence-corrected chi connectivity index (χ2v) is 7.72. The summed E-state index contributed by atoms with van der Waals surface area (Å²) in [6.07, 6.45) is 10.3. The van der Waals surface area contributed by atoms with Crippen molar-refractivity contribution in [2.75, 3.05) is 32.8 Å². The van der Waals surface area contributed by atoms with Crippen LogP contribution in [-0.4, -0.2) is 64.6 Å². The van der Waals surface area contributed by atoms with E-state index in [2.05, 4.69) is 19.8 Å². The van der Waals surface area contributed by atoms with E-state index in [1.54, 1.807) is 0 Å². The zero-order chi connectivity index (χ0) is 16.4. The fourth-order valence-corrected chi connectivity index (χ4v) is 4.49. The lowest BCUT2D eigenvalue weighted by molar-refractivity contribution is -0.141. The van der Waals surface area contributed by atoms with Gasteiger partial charge in [0.15, 0.2) is 0 Å². The van der Waals surface area contributed by atoms with Crippen LogP contribution in [0.4, 0.5) is 0 Å². The molecule has 6 heteroatoms. The summed E-state index contributed by atoms with van der Waals surface area (Å²) in [5.41, 5.74) is 0.326. The summed E-state index contributed by atoms with van der Waals surface area (Å²) in [5, 5.41) is 0. The number of imidazole rings is 1. The Balaban J connectivity index is 1.32. The van der Waals surface area contributed by atoms with Crippen molar-refractivity contribution in [2.24, 2.45) is 5.41 Å². The van der Waals surface area contributed by atoms with E-state index >= 15 is 0 Å². The average molecular weight is 332 g/mol. The van der Waals surface area contributed by atoms with Gasteiger partial charge in [0, 0.05) is 38.5 Å². The maximum Gasteiger partial charge on any atom is 0.222 e. The number of hydrogen-bond donors (Lipinski definition) is 1. The number of ether oxygens (including phenoxy) is 1. The molecule has 3 aliphatic rings. The van der Waals surface area contributed by atoms with Crippen molar-refractivity contribution in [3.63, 3.8) is 0 Å². The van der Waals surface area contributed by atoms with Gasteiger partial charge in [-0.3, -0.25) is 9.69 Å². The number of H-pyrrole nitrogens is 1. The van der Waals surface area contributed by atoms with E-state index in [9.17, 15) is 4.79 Å². The molecule has 1 atom stereocenters.